The molecule has 0 bridgehead atoms. The van der Waals surface area contributed by atoms with E-state index in [0.717, 1.165) is 6.20 Å². The van der Waals surface area contributed by atoms with E-state index in [4.69, 9.17) is 4.74 Å². The van der Waals surface area contributed by atoms with Crippen LogP contribution in [0, 0.1) is 0 Å². The highest BCUT2D eigenvalue weighted by Crippen LogP contribution is 2.28. The molecule has 0 aliphatic heterocycles. The molecule has 0 aromatic carbocycles. The number of hydrogen-bond acceptors (Lipinski definition) is 3. The van der Waals surface area contributed by atoms with Crippen molar-refractivity contribution in [2.24, 2.45) is 0 Å². The molecule has 0 N–H and O–H groups in total. The third-order valence-corrected chi connectivity index (χ3v) is 2.34. The SMILES string of the molecule is COc1cnc(C(F)(F)CI)cn1. The largest absolute Gasteiger partial charge is 0.480 e. The molecule has 72 valence electrons. The lowest BCUT2D eigenvalue weighted by Crippen LogP contribution is -2.17. The maximum Gasteiger partial charge on any atom is 0.299 e. The normalized spacial score (nSPS) is 11.4. The molecule has 0 saturated heterocycles. The fourth-order valence-corrected chi connectivity index (χ4v) is 1.07. The van der Waals surface area contributed by atoms with Crippen LogP contribution in [0.2, 0.25) is 0 Å². The second kappa shape index (κ2) is 4.12. The summed E-state index contributed by atoms with van der Waals surface area (Å²) in [4.78, 5) is 7.19. The molecule has 0 radical (unpaired) electrons. The standard InChI is InChI=1S/C7H7F2IN2O/c1-13-6-3-11-5(2-12-6)7(8,9)4-10/h2-3H,4H2,1H3. The molecule has 1 aromatic heterocycles. The molecule has 0 aliphatic carbocycles. The fraction of sp³-hybridized carbons (Fsp3) is 0.429. The van der Waals surface area contributed by atoms with Crippen molar-refractivity contribution in [3.05, 3.63) is 18.1 Å². The monoisotopic (exact) mass is 300 g/mol. The van der Waals surface area contributed by atoms with Gasteiger partial charge in [0.05, 0.1) is 23.9 Å². The average Bonchev–Trinajstić information content (AvgIpc) is 2.18. The van der Waals surface area contributed by atoms with Crippen molar-refractivity contribution < 1.29 is 13.5 Å². The summed E-state index contributed by atoms with van der Waals surface area (Å²) >= 11 is 1.60. The summed E-state index contributed by atoms with van der Waals surface area (Å²) in [6.07, 6.45) is 2.20. The smallest absolute Gasteiger partial charge is 0.299 e. The Labute approximate surface area is 87.7 Å². The Balaban J connectivity index is 2.92. The van der Waals surface area contributed by atoms with Crippen molar-refractivity contribution in [1.82, 2.24) is 9.97 Å². The lowest BCUT2D eigenvalue weighted by atomic mass is 10.3. The summed E-state index contributed by atoms with van der Waals surface area (Å²) in [5.41, 5.74) is -0.331. The Hall–Kier alpha value is -0.530. The van der Waals surface area contributed by atoms with Crippen LogP contribution in [0.5, 0.6) is 5.88 Å². The number of aromatic nitrogens is 2. The molecule has 1 heterocycles. The summed E-state index contributed by atoms with van der Waals surface area (Å²) in [7, 11) is 1.40. The molecule has 0 amide bonds. The van der Waals surface area contributed by atoms with Gasteiger partial charge in [-0.2, -0.15) is 8.78 Å². The minimum absolute atomic E-state index is 0.230. The first-order valence-corrected chi connectivity index (χ1v) is 4.93. The van der Waals surface area contributed by atoms with Crippen LogP contribution in [-0.2, 0) is 5.92 Å². The van der Waals surface area contributed by atoms with Crippen molar-refractivity contribution in [2.75, 3.05) is 11.5 Å². The van der Waals surface area contributed by atoms with Gasteiger partial charge < -0.3 is 4.74 Å². The van der Waals surface area contributed by atoms with E-state index < -0.39 is 5.92 Å². The molecule has 0 atom stereocenters. The van der Waals surface area contributed by atoms with Crippen molar-refractivity contribution in [1.29, 1.82) is 0 Å². The third kappa shape index (κ3) is 2.45. The van der Waals surface area contributed by atoms with E-state index >= 15 is 0 Å². The summed E-state index contributed by atoms with van der Waals surface area (Å²) in [6, 6.07) is 0. The number of hydrogen-bond donors (Lipinski definition) is 0. The zero-order valence-electron chi connectivity index (χ0n) is 6.80. The van der Waals surface area contributed by atoms with E-state index in [-0.39, 0.29) is 16.0 Å². The molecule has 1 aromatic rings. The van der Waals surface area contributed by atoms with Gasteiger partial charge >= 0.3 is 0 Å². The molecule has 13 heavy (non-hydrogen) atoms. The molecule has 6 heteroatoms. The molecule has 1 rings (SSSR count). The number of ether oxygens (including phenoxy) is 1. The first-order valence-electron chi connectivity index (χ1n) is 3.40. The number of rotatable bonds is 3. The number of halogens is 3. The van der Waals surface area contributed by atoms with Crippen molar-refractivity contribution >= 4 is 22.6 Å². The lowest BCUT2D eigenvalue weighted by Gasteiger charge is -2.11. The quantitative estimate of drug-likeness (QED) is 0.633. The first kappa shape index (κ1) is 10.6. The van der Waals surface area contributed by atoms with E-state index in [2.05, 4.69) is 9.97 Å². The second-order valence-electron chi connectivity index (χ2n) is 2.28. The van der Waals surface area contributed by atoms with Gasteiger partial charge in [0, 0.05) is 0 Å². The first-order chi connectivity index (χ1) is 6.10. The average molecular weight is 300 g/mol. The molecule has 0 spiro atoms. The minimum atomic E-state index is -2.92. The van der Waals surface area contributed by atoms with Crippen LogP contribution in [0.15, 0.2) is 12.4 Å². The van der Waals surface area contributed by atoms with Gasteiger partial charge in [0.1, 0.15) is 5.69 Å². The van der Waals surface area contributed by atoms with Crippen LogP contribution in [0.1, 0.15) is 5.69 Å². The zero-order chi connectivity index (χ0) is 9.90. The van der Waals surface area contributed by atoms with Crippen molar-refractivity contribution in [3.8, 4) is 5.88 Å². The van der Waals surface area contributed by atoms with E-state index in [1.807, 2.05) is 0 Å². The van der Waals surface area contributed by atoms with Gasteiger partial charge in [-0.3, -0.25) is 0 Å². The van der Waals surface area contributed by atoms with Gasteiger partial charge in [0.15, 0.2) is 0 Å². The van der Waals surface area contributed by atoms with E-state index in [1.54, 1.807) is 22.6 Å². The molecule has 0 saturated carbocycles. The molecule has 0 unspecified atom stereocenters. The van der Waals surface area contributed by atoms with Gasteiger partial charge in [-0.05, 0) is 0 Å². The molecule has 0 fully saturated rings. The van der Waals surface area contributed by atoms with Gasteiger partial charge in [-0.25, -0.2) is 9.97 Å². The molecular weight excluding hydrogens is 293 g/mol. The number of alkyl halides is 3. The zero-order valence-corrected chi connectivity index (χ0v) is 8.96. The highest BCUT2D eigenvalue weighted by molar-refractivity contribution is 14.1. The Bertz CT molecular complexity index is 278. The van der Waals surface area contributed by atoms with Gasteiger partial charge in [0.2, 0.25) is 5.88 Å². The maximum atomic E-state index is 13.0. The van der Waals surface area contributed by atoms with Crippen molar-refractivity contribution in [3.63, 3.8) is 0 Å². The van der Waals surface area contributed by atoms with E-state index in [0.29, 0.717) is 0 Å². The summed E-state index contributed by atoms with van der Waals surface area (Å²) in [5, 5.41) is 0. The fourth-order valence-electron chi connectivity index (χ4n) is 0.679. The van der Waals surface area contributed by atoms with Crippen LogP contribution in [0.3, 0.4) is 0 Å². The van der Waals surface area contributed by atoms with Crippen LogP contribution in [0.25, 0.3) is 0 Å². The third-order valence-electron chi connectivity index (χ3n) is 1.38. The Morgan fingerprint density at radius 2 is 2.15 bits per heavy atom. The number of nitrogens with zero attached hydrogens (tertiary/aromatic N) is 2. The topological polar surface area (TPSA) is 35.0 Å². The molecular formula is C7H7F2IN2O. The molecule has 3 nitrogen and oxygen atoms in total. The highest BCUT2D eigenvalue weighted by Gasteiger charge is 2.31. The van der Waals surface area contributed by atoms with Crippen molar-refractivity contribution in [2.45, 2.75) is 5.92 Å². The Kier molecular flexibility index (Phi) is 3.34. The van der Waals surface area contributed by atoms with Crippen LogP contribution >= 0.6 is 22.6 Å². The Morgan fingerprint density at radius 3 is 2.54 bits per heavy atom. The van der Waals surface area contributed by atoms with E-state index in [9.17, 15) is 8.78 Å². The lowest BCUT2D eigenvalue weighted by molar-refractivity contribution is 0.0212. The minimum Gasteiger partial charge on any atom is -0.480 e. The summed E-state index contributed by atoms with van der Waals surface area (Å²) in [6.45, 7) is 0. The van der Waals surface area contributed by atoms with Crippen LogP contribution in [0.4, 0.5) is 8.78 Å². The van der Waals surface area contributed by atoms with Gasteiger partial charge in [0.25, 0.3) is 5.92 Å². The Morgan fingerprint density at radius 1 is 1.46 bits per heavy atom. The predicted octanol–water partition coefficient (Wildman–Crippen LogP) is 2.01. The summed E-state index contributed by atoms with van der Waals surface area (Å²) in [5.74, 6) is -2.69. The van der Waals surface area contributed by atoms with Gasteiger partial charge in [-0.1, -0.05) is 22.6 Å². The second-order valence-corrected chi connectivity index (χ2v) is 3.04. The van der Waals surface area contributed by atoms with Crippen LogP contribution < -0.4 is 4.74 Å². The van der Waals surface area contributed by atoms with Crippen LogP contribution in [-0.4, -0.2) is 21.5 Å². The van der Waals surface area contributed by atoms with Gasteiger partial charge in [-0.15, -0.1) is 0 Å². The van der Waals surface area contributed by atoms with E-state index in [1.165, 1.54) is 13.3 Å². The highest BCUT2D eigenvalue weighted by atomic mass is 127. The maximum absolute atomic E-state index is 13.0. The summed E-state index contributed by atoms with van der Waals surface area (Å²) < 4.78 is 30.3. The molecule has 0 aliphatic rings. The number of methoxy groups -OCH3 is 1. The predicted molar refractivity (Wildman–Crippen MR) is 51.4 cm³/mol.